The van der Waals surface area contributed by atoms with Crippen LogP contribution in [0.2, 0.25) is 0 Å². The van der Waals surface area contributed by atoms with E-state index in [4.69, 9.17) is 0 Å². The van der Waals surface area contributed by atoms with Crippen LogP contribution < -0.4 is 0 Å². The zero-order valence-electron chi connectivity index (χ0n) is 16.9. The lowest BCUT2D eigenvalue weighted by Gasteiger charge is -2.31. The van der Waals surface area contributed by atoms with Crippen LogP contribution in [0.4, 0.5) is 4.39 Å². The minimum Gasteiger partial charge on any atom is -0.361 e. The van der Waals surface area contributed by atoms with Crippen molar-refractivity contribution in [3.8, 4) is 0 Å². The summed E-state index contributed by atoms with van der Waals surface area (Å²) in [5.74, 6) is -0.458. The van der Waals surface area contributed by atoms with Gasteiger partial charge in [-0.3, -0.25) is 9.69 Å². The highest BCUT2D eigenvalue weighted by molar-refractivity contribution is 5.87. The van der Waals surface area contributed by atoms with Crippen molar-refractivity contribution in [3.63, 3.8) is 0 Å². The van der Waals surface area contributed by atoms with Crippen molar-refractivity contribution >= 4 is 23.1 Å². The number of hydrogen-bond acceptors (Lipinski definition) is 3. The third kappa shape index (κ3) is 4.71. The minimum atomic E-state index is -0.548. The van der Waals surface area contributed by atoms with E-state index in [9.17, 15) is 14.0 Å². The van der Waals surface area contributed by atoms with E-state index in [-0.39, 0.29) is 11.7 Å². The third-order valence-electron chi connectivity index (χ3n) is 5.34. The van der Waals surface area contributed by atoms with Crippen LogP contribution in [0.15, 0.2) is 54.7 Å². The molecule has 0 saturated carbocycles. The van der Waals surface area contributed by atoms with Gasteiger partial charge in [-0.15, -0.1) is 0 Å². The van der Waals surface area contributed by atoms with Crippen LogP contribution in [0.1, 0.15) is 11.1 Å². The molecule has 2 aromatic carbocycles. The number of carbonyl (C=O) groups excluding carboxylic acids is 2. The molecule has 29 heavy (non-hydrogen) atoms. The van der Waals surface area contributed by atoms with E-state index in [1.165, 1.54) is 17.0 Å². The maximum atomic E-state index is 13.7. The predicted octanol–water partition coefficient (Wildman–Crippen LogP) is 3.05. The van der Waals surface area contributed by atoms with Crippen molar-refractivity contribution in [3.05, 3.63) is 71.7 Å². The van der Waals surface area contributed by atoms with Crippen LogP contribution in [0.25, 0.3) is 10.9 Å². The summed E-state index contributed by atoms with van der Waals surface area (Å²) in [5, 5.41) is 0.767. The maximum Gasteiger partial charge on any atom is 0.240 e. The molecule has 0 spiro atoms. The zero-order chi connectivity index (χ0) is 21.0. The lowest BCUT2D eigenvalue weighted by molar-refractivity contribution is -0.139. The Morgan fingerprint density at radius 1 is 1.10 bits per heavy atom. The second-order valence-electron chi connectivity index (χ2n) is 7.53. The van der Waals surface area contributed by atoms with E-state index in [2.05, 4.69) is 4.98 Å². The monoisotopic (exact) mass is 395 g/mol. The summed E-state index contributed by atoms with van der Waals surface area (Å²) in [4.78, 5) is 31.4. The standard InChI is InChI=1S/C23H26FN3O2/c1-26(2)22(12-17-14-25-21-10-9-18(24)13-20(17)21)23(29)27(3)19(15-28)11-16-7-5-4-6-8-16/h4-10,13-15,19,22,25H,11-12H2,1-3H3. The van der Waals surface area contributed by atoms with E-state index in [0.717, 1.165) is 28.3 Å². The van der Waals surface area contributed by atoms with Crippen LogP contribution in [-0.4, -0.2) is 60.2 Å². The third-order valence-corrected chi connectivity index (χ3v) is 5.34. The predicted molar refractivity (Wildman–Crippen MR) is 112 cm³/mol. The maximum absolute atomic E-state index is 13.7. The van der Waals surface area contributed by atoms with Gasteiger partial charge >= 0.3 is 0 Å². The average Bonchev–Trinajstić information content (AvgIpc) is 3.11. The molecule has 1 amide bonds. The van der Waals surface area contributed by atoms with Crippen LogP contribution in [0.5, 0.6) is 0 Å². The summed E-state index contributed by atoms with van der Waals surface area (Å²) < 4.78 is 13.7. The molecule has 3 rings (SSSR count). The van der Waals surface area contributed by atoms with Gasteiger partial charge in [-0.1, -0.05) is 30.3 Å². The van der Waals surface area contributed by atoms with Crippen LogP contribution >= 0.6 is 0 Å². The first kappa shape index (κ1) is 20.7. The molecule has 2 atom stereocenters. The number of aromatic amines is 1. The number of nitrogens with zero attached hydrogens (tertiary/aromatic N) is 2. The van der Waals surface area contributed by atoms with Gasteiger partial charge in [0.25, 0.3) is 0 Å². The normalized spacial score (nSPS) is 13.4. The molecule has 0 fully saturated rings. The Labute approximate surface area is 170 Å². The Kier molecular flexibility index (Phi) is 6.44. The van der Waals surface area contributed by atoms with Gasteiger partial charge < -0.3 is 14.7 Å². The largest absolute Gasteiger partial charge is 0.361 e. The fraction of sp³-hybridized carbons (Fsp3) is 0.304. The highest BCUT2D eigenvalue weighted by Crippen LogP contribution is 2.22. The zero-order valence-corrected chi connectivity index (χ0v) is 16.9. The molecular formula is C23H26FN3O2. The van der Waals surface area contributed by atoms with Gasteiger partial charge in [0.05, 0.1) is 12.1 Å². The molecule has 0 radical (unpaired) electrons. The molecule has 2 unspecified atom stereocenters. The van der Waals surface area contributed by atoms with Crippen LogP contribution in [0, 0.1) is 5.82 Å². The van der Waals surface area contributed by atoms with E-state index in [0.29, 0.717) is 12.8 Å². The second kappa shape index (κ2) is 9.01. The van der Waals surface area contributed by atoms with E-state index >= 15 is 0 Å². The van der Waals surface area contributed by atoms with Crippen LogP contribution in [-0.2, 0) is 22.4 Å². The number of hydrogen-bond donors (Lipinski definition) is 1. The Morgan fingerprint density at radius 2 is 1.83 bits per heavy atom. The van der Waals surface area contributed by atoms with Crippen molar-refractivity contribution < 1.29 is 14.0 Å². The van der Waals surface area contributed by atoms with Crippen molar-refractivity contribution in [2.75, 3.05) is 21.1 Å². The number of benzene rings is 2. The molecule has 3 aromatic rings. The summed E-state index contributed by atoms with van der Waals surface area (Å²) >= 11 is 0. The van der Waals surface area contributed by atoms with Gasteiger partial charge in [0.2, 0.25) is 5.91 Å². The molecule has 0 aliphatic heterocycles. The highest BCUT2D eigenvalue weighted by Gasteiger charge is 2.29. The molecule has 1 N–H and O–H groups in total. The number of amides is 1. The smallest absolute Gasteiger partial charge is 0.240 e. The average molecular weight is 395 g/mol. The molecule has 5 nitrogen and oxygen atoms in total. The molecule has 152 valence electrons. The van der Waals surface area contributed by atoms with Crippen LogP contribution in [0.3, 0.4) is 0 Å². The van der Waals surface area contributed by atoms with Crippen molar-refractivity contribution in [1.82, 2.24) is 14.8 Å². The number of halogens is 1. The van der Waals surface area contributed by atoms with E-state index in [1.807, 2.05) is 55.5 Å². The van der Waals surface area contributed by atoms with Gasteiger partial charge in [-0.25, -0.2) is 4.39 Å². The first-order chi connectivity index (χ1) is 13.9. The number of nitrogens with one attached hydrogen (secondary N) is 1. The molecule has 0 bridgehead atoms. The number of aldehydes is 1. The SMILES string of the molecule is CN(C)C(Cc1c[nH]c2ccc(F)cc12)C(=O)N(C)C(C=O)Cc1ccccc1. The van der Waals surface area contributed by atoms with E-state index < -0.39 is 12.1 Å². The second-order valence-corrected chi connectivity index (χ2v) is 7.53. The number of H-pyrrole nitrogens is 1. The van der Waals surface area contributed by atoms with Gasteiger partial charge in [-0.2, -0.15) is 0 Å². The summed E-state index contributed by atoms with van der Waals surface area (Å²) in [6.45, 7) is 0. The first-order valence-corrected chi connectivity index (χ1v) is 9.58. The molecule has 1 aromatic heterocycles. The summed E-state index contributed by atoms with van der Waals surface area (Å²) in [6.07, 6.45) is 3.51. The lowest BCUT2D eigenvalue weighted by Crippen LogP contribution is -2.50. The lowest BCUT2D eigenvalue weighted by atomic mass is 10.0. The highest BCUT2D eigenvalue weighted by atomic mass is 19.1. The summed E-state index contributed by atoms with van der Waals surface area (Å²) in [6, 6.07) is 13.2. The van der Waals surface area contributed by atoms with Gasteiger partial charge in [0.15, 0.2) is 0 Å². The molecule has 6 heteroatoms. The Morgan fingerprint density at radius 3 is 2.48 bits per heavy atom. The van der Waals surface area contributed by atoms with E-state index in [1.54, 1.807) is 13.1 Å². The van der Waals surface area contributed by atoms with Gasteiger partial charge in [0.1, 0.15) is 12.1 Å². The topological polar surface area (TPSA) is 56.4 Å². The fourth-order valence-electron chi connectivity index (χ4n) is 3.55. The molecule has 0 aliphatic carbocycles. The number of aromatic nitrogens is 1. The minimum absolute atomic E-state index is 0.145. The number of rotatable bonds is 8. The van der Waals surface area contributed by atoms with Gasteiger partial charge in [-0.05, 0) is 56.3 Å². The molecular weight excluding hydrogens is 369 g/mol. The van der Waals surface area contributed by atoms with Crippen molar-refractivity contribution in [1.29, 1.82) is 0 Å². The van der Waals surface area contributed by atoms with Crippen molar-refractivity contribution in [2.45, 2.75) is 24.9 Å². The number of carbonyl (C=O) groups is 2. The Hall–Kier alpha value is -2.99. The summed E-state index contributed by atoms with van der Waals surface area (Å²) in [5.41, 5.74) is 2.69. The Balaban J connectivity index is 1.80. The fourth-order valence-corrected chi connectivity index (χ4v) is 3.55. The molecule has 0 saturated heterocycles. The quantitative estimate of drug-likeness (QED) is 0.597. The number of fused-ring (bicyclic) bond motifs is 1. The first-order valence-electron chi connectivity index (χ1n) is 9.58. The summed E-state index contributed by atoms with van der Waals surface area (Å²) in [7, 11) is 5.33. The van der Waals surface area contributed by atoms with Gasteiger partial charge in [0, 0.05) is 24.1 Å². The Bertz CT molecular complexity index is 984. The number of likely N-dealkylation sites (N-methyl/N-ethyl adjacent to an activating group) is 2. The molecule has 1 heterocycles. The van der Waals surface area contributed by atoms with Crippen molar-refractivity contribution in [2.24, 2.45) is 0 Å². The molecule has 0 aliphatic rings.